The van der Waals surface area contributed by atoms with Crippen LogP contribution in [0.15, 0.2) is 29.6 Å². The molecule has 0 spiro atoms. The molecule has 0 bridgehead atoms. The van der Waals surface area contributed by atoms with E-state index in [0.717, 1.165) is 23.9 Å². The minimum Gasteiger partial charge on any atom is -0.318 e. The second-order valence-corrected chi connectivity index (χ2v) is 6.02. The number of rotatable bonds is 6. The predicted molar refractivity (Wildman–Crippen MR) is 87.9 cm³/mol. The number of nitrogens with zero attached hydrogens (tertiary/aromatic N) is 2. The minimum atomic E-state index is 0.485. The van der Waals surface area contributed by atoms with Crippen molar-refractivity contribution in [2.45, 2.75) is 40.3 Å². The second kappa shape index (κ2) is 6.86. The van der Waals surface area contributed by atoms with Crippen molar-refractivity contribution >= 4 is 22.2 Å². The summed E-state index contributed by atoms with van der Waals surface area (Å²) in [6.45, 7) is 10.4. The Hall–Kier alpha value is -1.39. The van der Waals surface area contributed by atoms with E-state index in [9.17, 15) is 0 Å². The van der Waals surface area contributed by atoms with E-state index in [2.05, 4.69) is 67.6 Å². The van der Waals surface area contributed by atoms with Gasteiger partial charge in [0.15, 0.2) is 5.13 Å². The number of benzene rings is 1. The van der Waals surface area contributed by atoms with E-state index in [0.29, 0.717) is 6.04 Å². The van der Waals surface area contributed by atoms with E-state index in [1.807, 2.05) is 0 Å². The molecule has 0 saturated carbocycles. The Morgan fingerprint density at radius 3 is 2.70 bits per heavy atom. The zero-order valence-corrected chi connectivity index (χ0v) is 13.5. The maximum absolute atomic E-state index is 4.75. The highest BCUT2D eigenvalue weighted by Crippen LogP contribution is 2.30. The van der Waals surface area contributed by atoms with Crippen LogP contribution >= 0.6 is 11.3 Å². The van der Waals surface area contributed by atoms with Gasteiger partial charge in [-0.15, -0.1) is 11.3 Å². The molecular formula is C16H23N3S. The van der Waals surface area contributed by atoms with E-state index in [1.165, 1.54) is 11.3 Å². The number of aryl methyl sites for hydroxylation is 1. The van der Waals surface area contributed by atoms with Crippen LogP contribution in [0.1, 0.15) is 32.0 Å². The van der Waals surface area contributed by atoms with Crippen LogP contribution in [-0.2, 0) is 6.54 Å². The van der Waals surface area contributed by atoms with Gasteiger partial charge in [0.2, 0.25) is 0 Å². The van der Waals surface area contributed by atoms with Crippen LogP contribution in [-0.4, -0.2) is 17.6 Å². The summed E-state index contributed by atoms with van der Waals surface area (Å²) in [5, 5.41) is 6.62. The highest BCUT2D eigenvalue weighted by molar-refractivity contribution is 7.13. The van der Waals surface area contributed by atoms with Crippen molar-refractivity contribution in [3.8, 4) is 0 Å². The molecule has 108 valence electrons. The van der Waals surface area contributed by atoms with E-state index in [1.54, 1.807) is 11.3 Å². The van der Waals surface area contributed by atoms with Gasteiger partial charge in [0.25, 0.3) is 0 Å². The van der Waals surface area contributed by atoms with Crippen molar-refractivity contribution in [3.63, 3.8) is 0 Å². The van der Waals surface area contributed by atoms with Crippen molar-refractivity contribution in [1.82, 2.24) is 10.3 Å². The molecule has 1 heterocycles. The number of hydrogen-bond acceptors (Lipinski definition) is 4. The van der Waals surface area contributed by atoms with Gasteiger partial charge in [-0.05, 0) is 25.5 Å². The Balaban J connectivity index is 2.18. The third kappa shape index (κ3) is 3.58. The quantitative estimate of drug-likeness (QED) is 0.867. The first kappa shape index (κ1) is 15.0. The van der Waals surface area contributed by atoms with Crippen molar-refractivity contribution < 1.29 is 0 Å². The van der Waals surface area contributed by atoms with E-state index >= 15 is 0 Å². The molecule has 1 N–H and O–H groups in total. The van der Waals surface area contributed by atoms with Gasteiger partial charge in [-0.25, -0.2) is 4.98 Å². The number of aromatic nitrogens is 1. The first-order valence-electron chi connectivity index (χ1n) is 7.12. The summed E-state index contributed by atoms with van der Waals surface area (Å²) in [5.74, 6) is 0. The van der Waals surface area contributed by atoms with Crippen molar-refractivity contribution in [3.05, 3.63) is 40.9 Å². The molecule has 0 radical (unpaired) electrons. The molecule has 0 fully saturated rings. The molecule has 0 aliphatic heterocycles. The molecule has 3 nitrogen and oxygen atoms in total. The number of thiazole rings is 1. The molecule has 20 heavy (non-hydrogen) atoms. The summed E-state index contributed by atoms with van der Waals surface area (Å²) < 4.78 is 0. The van der Waals surface area contributed by atoms with Crippen LogP contribution in [0, 0.1) is 6.92 Å². The largest absolute Gasteiger partial charge is 0.318 e. The number of anilines is 2. The first-order chi connectivity index (χ1) is 9.61. The Labute approximate surface area is 125 Å². The fraction of sp³-hybridized carbons (Fsp3) is 0.438. The van der Waals surface area contributed by atoms with Crippen molar-refractivity contribution in [2.75, 3.05) is 11.4 Å². The van der Waals surface area contributed by atoms with Gasteiger partial charge in [-0.2, -0.15) is 0 Å². The van der Waals surface area contributed by atoms with Crippen molar-refractivity contribution in [1.29, 1.82) is 0 Å². The van der Waals surface area contributed by atoms with Crippen LogP contribution in [0.4, 0.5) is 10.8 Å². The Bertz CT molecular complexity index is 548. The SMILES string of the molecule is CCN(c1nc(CNC(C)C)cs1)c1ccccc1C. The highest BCUT2D eigenvalue weighted by atomic mass is 32.1. The zero-order valence-electron chi connectivity index (χ0n) is 12.7. The zero-order chi connectivity index (χ0) is 14.5. The Kier molecular flexibility index (Phi) is 5.15. The molecule has 0 atom stereocenters. The average Bonchev–Trinajstić information content (AvgIpc) is 2.88. The summed E-state index contributed by atoms with van der Waals surface area (Å²) >= 11 is 1.71. The van der Waals surface area contributed by atoms with E-state index in [-0.39, 0.29) is 0 Å². The number of nitrogens with one attached hydrogen (secondary N) is 1. The molecule has 0 saturated heterocycles. The summed E-state index contributed by atoms with van der Waals surface area (Å²) in [5.41, 5.74) is 3.64. The maximum Gasteiger partial charge on any atom is 0.190 e. The summed E-state index contributed by atoms with van der Waals surface area (Å²) in [6.07, 6.45) is 0. The predicted octanol–water partition coefficient (Wildman–Crippen LogP) is 4.11. The molecule has 1 aromatic heterocycles. The first-order valence-corrected chi connectivity index (χ1v) is 8.00. The van der Waals surface area contributed by atoms with Crippen LogP contribution in [0.25, 0.3) is 0 Å². The molecule has 2 rings (SSSR count). The monoisotopic (exact) mass is 289 g/mol. The van der Waals surface area contributed by atoms with Gasteiger partial charge in [0, 0.05) is 30.2 Å². The fourth-order valence-electron chi connectivity index (χ4n) is 2.09. The molecule has 0 unspecified atom stereocenters. The molecule has 1 aromatic carbocycles. The van der Waals surface area contributed by atoms with Gasteiger partial charge >= 0.3 is 0 Å². The highest BCUT2D eigenvalue weighted by Gasteiger charge is 2.13. The molecule has 0 amide bonds. The third-order valence-electron chi connectivity index (χ3n) is 3.18. The summed E-state index contributed by atoms with van der Waals surface area (Å²) in [6, 6.07) is 8.95. The lowest BCUT2D eigenvalue weighted by Gasteiger charge is -2.21. The van der Waals surface area contributed by atoms with Crippen molar-refractivity contribution in [2.24, 2.45) is 0 Å². The maximum atomic E-state index is 4.75. The van der Waals surface area contributed by atoms with Gasteiger partial charge in [0.05, 0.1) is 5.69 Å². The molecule has 2 aromatic rings. The third-order valence-corrected chi connectivity index (χ3v) is 4.10. The van der Waals surface area contributed by atoms with Gasteiger partial charge in [-0.3, -0.25) is 0 Å². The lowest BCUT2D eigenvalue weighted by Crippen LogP contribution is -2.22. The van der Waals surface area contributed by atoms with Crippen LogP contribution in [0.3, 0.4) is 0 Å². The number of para-hydroxylation sites is 1. The molecular weight excluding hydrogens is 266 g/mol. The summed E-state index contributed by atoms with van der Waals surface area (Å²) in [7, 11) is 0. The average molecular weight is 289 g/mol. The normalized spacial score (nSPS) is 11.1. The van der Waals surface area contributed by atoms with Gasteiger partial charge in [0.1, 0.15) is 0 Å². The fourth-order valence-corrected chi connectivity index (χ4v) is 2.99. The van der Waals surface area contributed by atoms with E-state index in [4.69, 9.17) is 4.98 Å². The van der Waals surface area contributed by atoms with Gasteiger partial charge in [-0.1, -0.05) is 32.0 Å². The number of hydrogen-bond donors (Lipinski definition) is 1. The topological polar surface area (TPSA) is 28.2 Å². The minimum absolute atomic E-state index is 0.485. The Morgan fingerprint density at radius 1 is 1.30 bits per heavy atom. The smallest absolute Gasteiger partial charge is 0.190 e. The second-order valence-electron chi connectivity index (χ2n) is 5.19. The van der Waals surface area contributed by atoms with Crippen LogP contribution < -0.4 is 10.2 Å². The molecule has 0 aliphatic rings. The standard InChI is InChI=1S/C16H23N3S/c1-5-19(15-9-7-6-8-13(15)4)16-18-14(11-20-16)10-17-12(2)3/h6-9,11-12,17H,5,10H2,1-4H3. The van der Waals surface area contributed by atoms with E-state index < -0.39 is 0 Å². The molecule has 0 aliphatic carbocycles. The Morgan fingerprint density at radius 2 is 2.05 bits per heavy atom. The lowest BCUT2D eigenvalue weighted by atomic mass is 10.2. The van der Waals surface area contributed by atoms with Crippen LogP contribution in [0.2, 0.25) is 0 Å². The van der Waals surface area contributed by atoms with Gasteiger partial charge < -0.3 is 10.2 Å². The summed E-state index contributed by atoms with van der Waals surface area (Å²) in [4.78, 5) is 7.03. The lowest BCUT2D eigenvalue weighted by molar-refractivity contribution is 0.583. The van der Waals surface area contributed by atoms with Crippen LogP contribution in [0.5, 0.6) is 0 Å². The molecule has 4 heteroatoms.